The third kappa shape index (κ3) is 3.25. The van der Waals surface area contributed by atoms with Crippen molar-refractivity contribution in [3.05, 3.63) is 0 Å². The molecule has 0 saturated carbocycles. The first kappa shape index (κ1) is 14.3. The van der Waals surface area contributed by atoms with Crippen molar-refractivity contribution in [3.63, 3.8) is 0 Å². The van der Waals surface area contributed by atoms with E-state index in [0.29, 0.717) is 24.4 Å². The van der Waals surface area contributed by atoms with Gasteiger partial charge in [-0.1, -0.05) is 0 Å². The van der Waals surface area contributed by atoms with Gasteiger partial charge in [-0.05, 0) is 52.6 Å². The van der Waals surface area contributed by atoms with Gasteiger partial charge in [0.2, 0.25) is 0 Å². The quantitative estimate of drug-likeness (QED) is 0.813. The van der Waals surface area contributed by atoms with Crippen LogP contribution in [0.3, 0.4) is 0 Å². The summed E-state index contributed by atoms with van der Waals surface area (Å²) in [7, 11) is -2.89. The number of nitrogens with one attached hydrogen (secondary N) is 1. The molecule has 0 aliphatic carbocycles. The zero-order chi connectivity index (χ0) is 13.2. The second-order valence-electron chi connectivity index (χ2n) is 5.86. The van der Waals surface area contributed by atoms with Gasteiger partial charge in [-0.2, -0.15) is 0 Å². The molecule has 0 aromatic heterocycles. The zero-order valence-corrected chi connectivity index (χ0v) is 12.4. The first-order chi connectivity index (χ1) is 8.50. The highest BCUT2D eigenvalue weighted by molar-refractivity contribution is 7.92. The van der Waals surface area contributed by atoms with Gasteiger partial charge in [0.1, 0.15) is 0 Å². The van der Waals surface area contributed by atoms with Crippen LogP contribution in [0.2, 0.25) is 0 Å². The molecule has 2 atom stereocenters. The Bertz CT molecular complexity index is 361. The molecule has 2 fully saturated rings. The highest BCUT2D eigenvalue weighted by atomic mass is 32.2. The van der Waals surface area contributed by atoms with Crippen LogP contribution < -0.4 is 5.32 Å². The molecule has 0 aromatic rings. The van der Waals surface area contributed by atoms with Crippen LogP contribution in [0.25, 0.3) is 0 Å². The Hall–Kier alpha value is -0.130. The molecule has 0 spiro atoms. The highest BCUT2D eigenvalue weighted by Crippen LogP contribution is 2.24. The Morgan fingerprint density at radius 1 is 1.28 bits per heavy atom. The van der Waals surface area contributed by atoms with Gasteiger partial charge in [0.05, 0.1) is 11.0 Å². The number of sulfone groups is 1. The second-order valence-corrected chi connectivity index (χ2v) is 8.54. The third-order valence-electron chi connectivity index (χ3n) is 4.36. The Morgan fingerprint density at radius 3 is 2.67 bits per heavy atom. The molecule has 2 saturated heterocycles. The first-order valence-electron chi connectivity index (χ1n) is 7.20. The van der Waals surface area contributed by atoms with Crippen molar-refractivity contribution in [2.24, 2.45) is 0 Å². The molecule has 1 N–H and O–H groups in total. The van der Waals surface area contributed by atoms with Crippen LogP contribution in [0, 0.1) is 0 Å². The van der Waals surface area contributed by atoms with Crippen molar-refractivity contribution in [2.45, 2.75) is 56.9 Å². The largest absolute Gasteiger partial charge is 0.312 e. The van der Waals surface area contributed by atoms with E-state index in [0.717, 1.165) is 13.1 Å². The van der Waals surface area contributed by atoms with Gasteiger partial charge in [-0.25, -0.2) is 8.42 Å². The van der Waals surface area contributed by atoms with E-state index in [1.165, 1.54) is 25.7 Å². The topological polar surface area (TPSA) is 49.4 Å². The maximum atomic E-state index is 11.9. The minimum atomic E-state index is -2.89. The Balaban J connectivity index is 1.88. The van der Waals surface area contributed by atoms with Gasteiger partial charge in [0.25, 0.3) is 0 Å². The molecule has 0 radical (unpaired) electrons. The van der Waals surface area contributed by atoms with Crippen molar-refractivity contribution >= 4 is 9.84 Å². The minimum Gasteiger partial charge on any atom is -0.312 e. The van der Waals surface area contributed by atoms with Crippen LogP contribution in [0.15, 0.2) is 0 Å². The van der Waals surface area contributed by atoms with Crippen molar-refractivity contribution in [1.29, 1.82) is 0 Å². The maximum absolute atomic E-state index is 11.9. The first-order valence-corrected chi connectivity index (χ1v) is 8.91. The fraction of sp³-hybridized carbons (Fsp3) is 1.00. The molecule has 0 aromatic carbocycles. The summed E-state index contributed by atoms with van der Waals surface area (Å²) in [6.45, 7) is 6.45. The van der Waals surface area contributed by atoms with E-state index >= 15 is 0 Å². The predicted octanol–water partition coefficient (Wildman–Crippen LogP) is 1.03. The molecule has 18 heavy (non-hydrogen) atoms. The summed E-state index contributed by atoms with van der Waals surface area (Å²) in [5, 5.41) is 3.31. The SMILES string of the molecule is CC(C)S(=O)(=O)CCN1CCCC1C1CCCN1. The molecule has 106 valence electrons. The summed E-state index contributed by atoms with van der Waals surface area (Å²) in [5.41, 5.74) is 0. The molecular formula is C13H26N2O2S. The molecule has 4 nitrogen and oxygen atoms in total. The fourth-order valence-corrected chi connectivity index (χ4v) is 4.07. The van der Waals surface area contributed by atoms with Crippen molar-refractivity contribution in [1.82, 2.24) is 10.2 Å². The van der Waals surface area contributed by atoms with E-state index in [9.17, 15) is 8.42 Å². The summed E-state index contributed by atoms with van der Waals surface area (Å²) in [5.74, 6) is 0.313. The Kier molecular flexibility index (Phi) is 4.67. The van der Waals surface area contributed by atoms with Crippen molar-refractivity contribution in [3.8, 4) is 0 Å². The number of likely N-dealkylation sites (tertiary alicyclic amines) is 1. The summed E-state index contributed by atoms with van der Waals surface area (Å²) in [4.78, 5) is 2.39. The Labute approximate surface area is 111 Å². The van der Waals surface area contributed by atoms with Gasteiger partial charge in [-0.15, -0.1) is 0 Å². The van der Waals surface area contributed by atoms with E-state index in [2.05, 4.69) is 10.2 Å². The minimum absolute atomic E-state index is 0.247. The van der Waals surface area contributed by atoms with E-state index in [1.54, 1.807) is 13.8 Å². The lowest BCUT2D eigenvalue weighted by Gasteiger charge is -2.29. The zero-order valence-electron chi connectivity index (χ0n) is 11.6. The lowest BCUT2D eigenvalue weighted by Crippen LogP contribution is -2.45. The normalized spacial score (nSPS) is 30.4. The number of rotatable bonds is 5. The maximum Gasteiger partial charge on any atom is 0.153 e. The van der Waals surface area contributed by atoms with Gasteiger partial charge in [0, 0.05) is 18.6 Å². The van der Waals surface area contributed by atoms with Crippen molar-refractivity contribution in [2.75, 3.05) is 25.4 Å². The van der Waals surface area contributed by atoms with E-state index in [-0.39, 0.29) is 5.25 Å². The van der Waals surface area contributed by atoms with E-state index < -0.39 is 9.84 Å². The third-order valence-corrected chi connectivity index (χ3v) is 6.55. The summed E-state index contributed by atoms with van der Waals surface area (Å²) in [6, 6.07) is 1.16. The van der Waals surface area contributed by atoms with Crippen LogP contribution in [-0.2, 0) is 9.84 Å². The summed E-state index contributed by atoms with van der Waals surface area (Å²) >= 11 is 0. The standard InChI is InChI=1S/C13H26N2O2S/c1-11(2)18(16,17)10-9-15-8-4-6-13(15)12-5-3-7-14-12/h11-14H,3-10H2,1-2H3. The predicted molar refractivity (Wildman–Crippen MR) is 74.5 cm³/mol. The molecule has 2 heterocycles. The average molecular weight is 274 g/mol. The van der Waals surface area contributed by atoms with Crippen LogP contribution in [-0.4, -0.2) is 56.0 Å². The molecule has 2 unspecified atom stereocenters. The molecule has 2 aliphatic heterocycles. The van der Waals surface area contributed by atoms with E-state index in [1.807, 2.05) is 0 Å². The van der Waals surface area contributed by atoms with E-state index in [4.69, 9.17) is 0 Å². The lowest BCUT2D eigenvalue weighted by atomic mass is 10.0. The molecule has 5 heteroatoms. The summed E-state index contributed by atoms with van der Waals surface area (Å²) < 4.78 is 23.7. The highest BCUT2D eigenvalue weighted by Gasteiger charge is 2.33. The number of hydrogen-bond donors (Lipinski definition) is 1. The van der Waals surface area contributed by atoms with Crippen LogP contribution in [0.1, 0.15) is 39.5 Å². The number of hydrogen-bond acceptors (Lipinski definition) is 4. The lowest BCUT2D eigenvalue weighted by molar-refractivity contribution is 0.225. The molecular weight excluding hydrogens is 248 g/mol. The second kappa shape index (κ2) is 5.88. The smallest absolute Gasteiger partial charge is 0.153 e. The van der Waals surface area contributed by atoms with Gasteiger partial charge in [-0.3, -0.25) is 4.90 Å². The fourth-order valence-electron chi connectivity index (χ4n) is 3.11. The van der Waals surface area contributed by atoms with Gasteiger partial charge in [0.15, 0.2) is 9.84 Å². The Morgan fingerprint density at radius 2 is 2.06 bits per heavy atom. The van der Waals surface area contributed by atoms with Crippen LogP contribution in [0.4, 0.5) is 0 Å². The molecule has 0 bridgehead atoms. The monoisotopic (exact) mass is 274 g/mol. The van der Waals surface area contributed by atoms with Gasteiger partial charge < -0.3 is 5.32 Å². The molecule has 0 amide bonds. The van der Waals surface area contributed by atoms with Crippen LogP contribution in [0.5, 0.6) is 0 Å². The summed E-state index contributed by atoms with van der Waals surface area (Å²) in [6.07, 6.45) is 4.95. The number of nitrogens with zero attached hydrogens (tertiary/aromatic N) is 1. The van der Waals surface area contributed by atoms with Gasteiger partial charge >= 0.3 is 0 Å². The average Bonchev–Trinajstić information content (AvgIpc) is 2.96. The van der Waals surface area contributed by atoms with Crippen LogP contribution >= 0.6 is 0 Å². The van der Waals surface area contributed by atoms with Crippen molar-refractivity contribution < 1.29 is 8.42 Å². The molecule has 2 aliphatic rings. The molecule has 2 rings (SSSR count).